The van der Waals surface area contributed by atoms with E-state index in [2.05, 4.69) is 64.7 Å². The summed E-state index contributed by atoms with van der Waals surface area (Å²) in [4.78, 5) is 9.54. The summed E-state index contributed by atoms with van der Waals surface area (Å²) in [6, 6.07) is 8.73. The molecule has 2 heterocycles. The fourth-order valence-electron chi connectivity index (χ4n) is 3.24. The van der Waals surface area contributed by atoms with Gasteiger partial charge < -0.3 is 20.4 Å². The second kappa shape index (κ2) is 8.31. The van der Waals surface area contributed by atoms with E-state index in [1.807, 2.05) is 0 Å². The van der Waals surface area contributed by atoms with Crippen LogP contribution in [0.2, 0.25) is 0 Å². The van der Waals surface area contributed by atoms with Gasteiger partial charge in [0.1, 0.15) is 6.67 Å². The summed E-state index contributed by atoms with van der Waals surface area (Å²) in [6.45, 7) is 9.15. The molecule has 0 bridgehead atoms. The Morgan fingerprint density at radius 1 is 1.17 bits per heavy atom. The van der Waals surface area contributed by atoms with Crippen LogP contribution in [0.1, 0.15) is 13.3 Å². The zero-order valence-electron chi connectivity index (χ0n) is 14.9. The third kappa shape index (κ3) is 4.36. The van der Waals surface area contributed by atoms with E-state index in [0.29, 0.717) is 6.67 Å². The van der Waals surface area contributed by atoms with Gasteiger partial charge in [-0.3, -0.25) is 4.99 Å². The largest absolute Gasteiger partial charge is 0.369 e. The molecule has 0 aliphatic carbocycles. The molecule has 2 saturated heterocycles. The number of anilines is 2. The Kier molecular flexibility index (Phi) is 5.88. The average molecular weight is 327 g/mol. The Bertz CT molecular complexity index is 582. The lowest BCUT2D eigenvalue weighted by molar-refractivity contribution is 0.313. The minimum Gasteiger partial charge on any atom is -0.369 e. The third-order valence-electron chi connectivity index (χ3n) is 4.87. The maximum absolute atomic E-state index is 4.71. The molecule has 5 heteroatoms. The lowest BCUT2D eigenvalue weighted by Gasteiger charge is -2.34. The Labute approximate surface area is 145 Å². The number of aliphatic imine (C=N–C) groups is 1. The predicted molar refractivity (Wildman–Crippen MR) is 103 cm³/mol. The van der Waals surface area contributed by atoms with Gasteiger partial charge in [0.25, 0.3) is 0 Å². The fourth-order valence-corrected chi connectivity index (χ4v) is 3.24. The summed E-state index contributed by atoms with van der Waals surface area (Å²) in [7, 11) is 2.19. The maximum atomic E-state index is 4.71. The normalized spacial score (nSPS) is 23.0. The molecule has 0 spiro atoms. The molecule has 2 N–H and O–H groups in total. The number of allylic oxidation sites excluding steroid dienone is 1. The number of hydrogen-bond acceptors (Lipinski definition) is 5. The van der Waals surface area contributed by atoms with Crippen molar-refractivity contribution in [3.63, 3.8) is 0 Å². The summed E-state index contributed by atoms with van der Waals surface area (Å²) in [5, 5.41) is 6.79. The van der Waals surface area contributed by atoms with E-state index in [4.69, 9.17) is 4.99 Å². The number of piperazine rings is 1. The van der Waals surface area contributed by atoms with Gasteiger partial charge in [0.2, 0.25) is 0 Å². The molecule has 3 rings (SSSR count). The van der Waals surface area contributed by atoms with Gasteiger partial charge in [-0.05, 0) is 56.8 Å². The molecule has 130 valence electrons. The van der Waals surface area contributed by atoms with E-state index < -0.39 is 0 Å². The van der Waals surface area contributed by atoms with Crippen LogP contribution in [0.5, 0.6) is 0 Å². The van der Waals surface area contributed by atoms with Crippen LogP contribution < -0.4 is 15.5 Å². The Morgan fingerprint density at radius 3 is 2.62 bits per heavy atom. The summed E-state index contributed by atoms with van der Waals surface area (Å²) in [5.74, 6) is 0. The van der Waals surface area contributed by atoms with Gasteiger partial charge in [-0.1, -0.05) is 6.08 Å². The van der Waals surface area contributed by atoms with Crippen LogP contribution in [-0.2, 0) is 0 Å². The molecular weight excluding hydrogens is 298 g/mol. The van der Waals surface area contributed by atoms with E-state index in [0.717, 1.165) is 51.4 Å². The molecule has 1 aromatic carbocycles. The van der Waals surface area contributed by atoms with Gasteiger partial charge in [0.15, 0.2) is 0 Å². The minimum absolute atomic E-state index is 0.627. The van der Waals surface area contributed by atoms with Gasteiger partial charge in [-0.2, -0.15) is 0 Å². The lowest BCUT2D eigenvalue weighted by Crippen LogP contribution is -2.44. The highest BCUT2D eigenvalue weighted by molar-refractivity contribution is 6.02. The van der Waals surface area contributed by atoms with Crippen LogP contribution >= 0.6 is 0 Å². The summed E-state index contributed by atoms with van der Waals surface area (Å²) in [6.07, 6.45) is 3.26. The maximum Gasteiger partial charge on any atom is 0.108 e. The molecule has 2 fully saturated rings. The van der Waals surface area contributed by atoms with E-state index >= 15 is 0 Å². The van der Waals surface area contributed by atoms with Crippen molar-refractivity contribution >= 4 is 17.1 Å². The first-order chi connectivity index (χ1) is 11.8. The van der Waals surface area contributed by atoms with Gasteiger partial charge in [0, 0.05) is 44.1 Å². The number of piperidine rings is 1. The number of hydrogen-bond donors (Lipinski definition) is 2. The molecule has 24 heavy (non-hydrogen) atoms. The molecule has 0 saturated carbocycles. The molecular formula is C19H29N5. The molecule has 2 aliphatic heterocycles. The van der Waals surface area contributed by atoms with Crippen molar-refractivity contribution < 1.29 is 0 Å². The summed E-state index contributed by atoms with van der Waals surface area (Å²) >= 11 is 0. The van der Waals surface area contributed by atoms with Crippen molar-refractivity contribution in [2.24, 2.45) is 4.99 Å². The van der Waals surface area contributed by atoms with Gasteiger partial charge in [-0.15, -0.1) is 0 Å². The first-order valence-corrected chi connectivity index (χ1v) is 8.93. The van der Waals surface area contributed by atoms with E-state index in [9.17, 15) is 0 Å². The van der Waals surface area contributed by atoms with Crippen LogP contribution in [0, 0.1) is 0 Å². The summed E-state index contributed by atoms with van der Waals surface area (Å²) in [5.41, 5.74) is 5.00. The van der Waals surface area contributed by atoms with Gasteiger partial charge in [-0.25, -0.2) is 0 Å². The quantitative estimate of drug-likeness (QED) is 0.890. The van der Waals surface area contributed by atoms with Crippen molar-refractivity contribution in [1.82, 2.24) is 10.2 Å². The van der Waals surface area contributed by atoms with Crippen molar-refractivity contribution in [2.75, 3.05) is 63.2 Å². The van der Waals surface area contributed by atoms with Crippen LogP contribution in [-0.4, -0.2) is 63.6 Å². The minimum atomic E-state index is 0.627. The van der Waals surface area contributed by atoms with E-state index in [-0.39, 0.29) is 0 Å². The highest BCUT2D eigenvalue weighted by Gasteiger charge is 2.14. The van der Waals surface area contributed by atoms with Gasteiger partial charge in [0.05, 0.1) is 5.71 Å². The van der Waals surface area contributed by atoms with E-state index in [1.165, 1.54) is 17.0 Å². The summed E-state index contributed by atoms with van der Waals surface area (Å²) < 4.78 is 0. The molecule has 5 nitrogen and oxygen atoms in total. The molecule has 2 aliphatic rings. The van der Waals surface area contributed by atoms with Crippen LogP contribution in [0.4, 0.5) is 11.4 Å². The second-order valence-corrected chi connectivity index (χ2v) is 6.52. The number of rotatable bonds is 4. The Morgan fingerprint density at radius 2 is 1.92 bits per heavy atom. The Balaban J connectivity index is 1.53. The van der Waals surface area contributed by atoms with E-state index in [1.54, 1.807) is 0 Å². The molecule has 1 aromatic rings. The number of likely N-dealkylation sites (N-methyl/N-ethyl adjacent to an activating group) is 1. The highest BCUT2D eigenvalue weighted by atomic mass is 15.2. The zero-order chi connectivity index (χ0) is 16.8. The Hall–Kier alpha value is -1.85. The monoisotopic (exact) mass is 327 g/mol. The second-order valence-electron chi connectivity index (χ2n) is 6.52. The van der Waals surface area contributed by atoms with Crippen molar-refractivity contribution in [3.05, 3.63) is 35.9 Å². The van der Waals surface area contributed by atoms with Gasteiger partial charge >= 0.3 is 0 Å². The fraction of sp³-hybridized carbons (Fsp3) is 0.526. The van der Waals surface area contributed by atoms with Crippen LogP contribution in [0.15, 0.2) is 40.9 Å². The smallest absolute Gasteiger partial charge is 0.108 e. The third-order valence-corrected chi connectivity index (χ3v) is 4.87. The van der Waals surface area contributed by atoms with Crippen molar-refractivity contribution in [1.29, 1.82) is 0 Å². The first kappa shape index (κ1) is 17.0. The predicted octanol–water partition coefficient (Wildman–Crippen LogP) is 2.19. The average Bonchev–Trinajstić information content (AvgIpc) is 2.63. The molecule has 0 aromatic heterocycles. The molecule has 0 radical (unpaired) electrons. The molecule has 0 unspecified atom stereocenters. The topological polar surface area (TPSA) is 42.9 Å². The van der Waals surface area contributed by atoms with Crippen molar-refractivity contribution in [2.45, 2.75) is 13.3 Å². The number of benzene rings is 1. The zero-order valence-corrected chi connectivity index (χ0v) is 14.9. The van der Waals surface area contributed by atoms with Crippen LogP contribution in [0.3, 0.4) is 0 Å². The number of nitrogens with one attached hydrogen (secondary N) is 2. The lowest BCUT2D eigenvalue weighted by atomic mass is 10.0. The highest BCUT2D eigenvalue weighted by Crippen LogP contribution is 2.19. The standard InChI is InChI=1S/C19H29N5/c1-3-16-8-9-20-14-19(16)22-15-21-17-4-6-18(7-5-17)24-12-10-23(2)11-13-24/h3-7,20-21H,8-15H2,1-2H3/b16-3-,22-19-. The number of nitrogens with zero attached hydrogens (tertiary/aromatic N) is 3. The first-order valence-electron chi connectivity index (χ1n) is 8.93. The SMILES string of the molecule is C/C=C1/CCNC/C1=N/CNc1ccc(N2CCN(C)CC2)cc1. The molecule has 0 atom stereocenters. The van der Waals surface area contributed by atoms with Crippen LogP contribution in [0.25, 0.3) is 0 Å². The van der Waals surface area contributed by atoms with Crippen molar-refractivity contribution in [3.8, 4) is 0 Å². The molecule has 0 amide bonds.